The Morgan fingerprint density at radius 1 is 1.00 bits per heavy atom. The van der Waals surface area contributed by atoms with Gasteiger partial charge in [0, 0.05) is 0 Å². The molecule has 1 aromatic heterocycles. The summed E-state index contributed by atoms with van der Waals surface area (Å²) in [5.74, 6) is 1.11. The van der Waals surface area contributed by atoms with E-state index >= 15 is 0 Å². The molecule has 0 atom stereocenters. The largest absolute Gasteiger partial charge is 0.496 e. The van der Waals surface area contributed by atoms with Gasteiger partial charge in [-0.3, -0.25) is 10.1 Å². The summed E-state index contributed by atoms with van der Waals surface area (Å²) in [6.07, 6.45) is 0. The lowest BCUT2D eigenvalue weighted by molar-refractivity contribution is 0.101. The Morgan fingerprint density at radius 2 is 1.67 bits per heavy atom. The molecule has 0 aliphatic carbocycles. The number of nitrogens with one attached hydrogen (secondary N) is 1. The molecule has 27 heavy (non-hydrogen) atoms. The van der Waals surface area contributed by atoms with Crippen molar-refractivity contribution >= 4 is 11.9 Å². The summed E-state index contributed by atoms with van der Waals surface area (Å²) in [6.45, 7) is 2.39. The summed E-state index contributed by atoms with van der Waals surface area (Å²) in [5.41, 5.74) is 0.874. The summed E-state index contributed by atoms with van der Waals surface area (Å²) < 4.78 is 21.6. The molecule has 0 aliphatic heterocycles. The summed E-state index contributed by atoms with van der Waals surface area (Å²) in [5, 5.41) is 10.4. The van der Waals surface area contributed by atoms with E-state index in [0.29, 0.717) is 29.4 Å². The lowest BCUT2D eigenvalue weighted by atomic mass is 10.1. The molecule has 8 nitrogen and oxygen atoms in total. The molecule has 3 aromatic rings. The van der Waals surface area contributed by atoms with E-state index in [-0.39, 0.29) is 17.5 Å². The van der Waals surface area contributed by atoms with Crippen LogP contribution >= 0.6 is 0 Å². The van der Waals surface area contributed by atoms with Crippen LogP contribution in [0.3, 0.4) is 0 Å². The maximum Gasteiger partial charge on any atom is 0.322 e. The number of carbonyl (C=O) groups excluding carboxylic acids is 1. The Balaban J connectivity index is 1.86. The van der Waals surface area contributed by atoms with Crippen LogP contribution in [0.5, 0.6) is 17.2 Å². The number of anilines is 1. The Kier molecular flexibility index (Phi) is 5.55. The van der Waals surface area contributed by atoms with Gasteiger partial charge in [-0.15, -0.1) is 5.10 Å². The van der Waals surface area contributed by atoms with E-state index < -0.39 is 5.91 Å². The van der Waals surface area contributed by atoms with Gasteiger partial charge in [-0.1, -0.05) is 23.3 Å². The van der Waals surface area contributed by atoms with E-state index in [2.05, 4.69) is 15.5 Å². The highest BCUT2D eigenvalue weighted by molar-refractivity contribution is 6.07. The molecule has 1 heterocycles. The second kappa shape index (κ2) is 8.22. The zero-order chi connectivity index (χ0) is 19.2. The number of ether oxygens (including phenoxy) is 3. The van der Waals surface area contributed by atoms with E-state index in [1.807, 2.05) is 19.1 Å². The van der Waals surface area contributed by atoms with E-state index in [0.717, 1.165) is 0 Å². The summed E-state index contributed by atoms with van der Waals surface area (Å²) in [4.78, 5) is 12.7. The first-order chi connectivity index (χ1) is 13.2. The molecule has 0 bridgehead atoms. The average molecular weight is 369 g/mol. The fourth-order valence-corrected chi connectivity index (χ4v) is 2.54. The van der Waals surface area contributed by atoms with Crippen molar-refractivity contribution in [1.82, 2.24) is 10.2 Å². The topological polar surface area (TPSA) is 95.7 Å². The van der Waals surface area contributed by atoms with Crippen LogP contribution in [0.25, 0.3) is 11.5 Å². The molecular weight excluding hydrogens is 350 g/mol. The van der Waals surface area contributed by atoms with Gasteiger partial charge in [-0.05, 0) is 31.2 Å². The molecule has 8 heteroatoms. The summed E-state index contributed by atoms with van der Waals surface area (Å²) >= 11 is 0. The minimum Gasteiger partial charge on any atom is -0.496 e. The van der Waals surface area contributed by atoms with Crippen molar-refractivity contribution in [3.63, 3.8) is 0 Å². The molecule has 0 radical (unpaired) electrons. The monoisotopic (exact) mass is 369 g/mol. The molecule has 0 unspecified atom stereocenters. The number of rotatable bonds is 7. The standard InChI is InChI=1S/C19H19N3O5/c1-4-26-13-9-6-5-8-12(13)18-21-22-19(27-18)20-17(23)16-14(24-2)10-7-11-15(16)25-3/h5-11H,4H2,1-3H3,(H,20,22,23). The minimum atomic E-state index is -0.488. The van der Waals surface area contributed by atoms with Gasteiger partial charge in [0.25, 0.3) is 11.8 Å². The summed E-state index contributed by atoms with van der Waals surface area (Å²) in [7, 11) is 2.95. The van der Waals surface area contributed by atoms with Gasteiger partial charge in [-0.25, -0.2) is 0 Å². The highest BCUT2D eigenvalue weighted by atomic mass is 16.5. The Bertz CT molecular complexity index is 916. The third-order valence-corrected chi connectivity index (χ3v) is 3.72. The predicted molar refractivity (Wildman–Crippen MR) is 98.4 cm³/mol. The van der Waals surface area contributed by atoms with Crippen molar-refractivity contribution in [3.05, 3.63) is 48.0 Å². The van der Waals surface area contributed by atoms with E-state index in [9.17, 15) is 4.79 Å². The van der Waals surface area contributed by atoms with Crippen LogP contribution in [0.2, 0.25) is 0 Å². The lowest BCUT2D eigenvalue weighted by Crippen LogP contribution is -2.14. The molecule has 0 aliphatic rings. The van der Waals surface area contributed by atoms with Crippen LogP contribution in [0.4, 0.5) is 6.01 Å². The molecule has 1 amide bonds. The molecule has 0 saturated carbocycles. The van der Waals surface area contributed by atoms with Crippen LogP contribution in [-0.4, -0.2) is 36.9 Å². The average Bonchev–Trinajstić information content (AvgIpc) is 3.16. The number of para-hydroxylation sites is 1. The highest BCUT2D eigenvalue weighted by Crippen LogP contribution is 2.31. The van der Waals surface area contributed by atoms with Crippen molar-refractivity contribution in [3.8, 4) is 28.7 Å². The van der Waals surface area contributed by atoms with Crippen molar-refractivity contribution in [2.24, 2.45) is 0 Å². The molecule has 140 valence electrons. The molecular formula is C19H19N3O5. The summed E-state index contributed by atoms with van der Waals surface area (Å²) in [6, 6.07) is 12.3. The maximum absolute atomic E-state index is 12.7. The first-order valence-corrected chi connectivity index (χ1v) is 8.26. The molecule has 3 rings (SSSR count). The Morgan fingerprint density at radius 3 is 2.33 bits per heavy atom. The van der Waals surface area contributed by atoms with Crippen LogP contribution in [0.15, 0.2) is 46.9 Å². The number of hydrogen-bond acceptors (Lipinski definition) is 7. The predicted octanol–water partition coefficient (Wildman–Crippen LogP) is 3.40. The van der Waals surface area contributed by atoms with Crippen molar-refractivity contribution in [2.75, 3.05) is 26.1 Å². The minimum absolute atomic E-state index is 0.0470. The number of amides is 1. The number of aromatic nitrogens is 2. The second-order valence-corrected chi connectivity index (χ2v) is 5.33. The van der Waals surface area contributed by atoms with Crippen molar-refractivity contribution < 1.29 is 23.4 Å². The zero-order valence-corrected chi connectivity index (χ0v) is 15.2. The van der Waals surface area contributed by atoms with Gasteiger partial charge in [0.2, 0.25) is 0 Å². The van der Waals surface area contributed by atoms with Gasteiger partial charge in [-0.2, -0.15) is 0 Å². The molecule has 0 fully saturated rings. The normalized spacial score (nSPS) is 10.3. The molecule has 0 saturated heterocycles. The fraction of sp³-hybridized carbons (Fsp3) is 0.211. The van der Waals surface area contributed by atoms with Gasteiger partial charge >= 0.3 is 6.01 Å². The van der Waals surface area contributed by atoms with E-state index in [1.165, 1.54) is 14.2 Å². The van der Waals surface area contributed by atoms with Crippen LogP contribution in [0, 0.1) is 0 Å². The number of nitrogens with zero attached hydrogens (tertiary/aromatic N) is 2. The number of hydrogen-bond donors (Lipinski definition) is 1. The lowest BCUT2D eigenvalue weighted by Gasteiger charge is -2.11. The van der Waals surface area contributed by atoms with Gasteiger partial charge in [0.1, 0.15) is 22.8 Å². The van der Waals surface area contributed by atoms with Crippen molar-refractivity contribution in [2.45, 2.75) is 6.92 Å². The highest BCUT2D eigenvalue weighted by Gasteiger charge is 2.21. The molecule has 2 aromatic carbocycles. The van der Waals surface area contributed by atoms with E-state index in [4.69, 9.17) is 18.6 Å². The number of carbonyl (C=O) groups is 1. The third-order valence-electron chi connectivity index (χ3n) is 3.72. The van der Waals surface area contributed by atoms with E-state index in [1.54, 1.807) is 30.3 Å². The fourth-order valence-electron chi connectivity index (χ4n) is 2.54. The number of methoxy groups -OCH3 is 2. The van der Waals surface area contributed by atoms with Gasteiger partial charge in [0.05, 0.1) is 26.4 Å². The van der Waals surface area contributed by atoms with Gasteiger partial charge in [0.15, 0.2) is 0 Å². The SMILES string of the molecule is CCOc1ccccc1-c1nnc(NC(=O)c2c(OC)cccc2OC)o1. The van der Waals surface area contributed by atoms with Crippen LogP contribution in [0.1, 0.15) is 17.3 Å². The Labute approximate surface area is 156 Å². The Hall–Kier alpha value is -3.55. The molecule has 0 spiro atoms. The van der Waals surface area contributed by atoms with Crippen LogP contribution < -0.4 is 19.5 Å². The second-order valence-electron chi connectivity index (χ2n) is 5.33. The maximum atomic E-state index is 12.7. The smallest absolute Gasteiger partial charge is 0.322 e. The zero-order valence-electron chi connectivity index (χ0n) is 15.2. The van der Waals surface area contributed by atoms with Gasteiger partial charge < -0.3 is 18.6 Å². The first-order valence-electron chi connectivity index (χ1n) is 8.26. The quantitative estimate of drug-likeness (QED) is 0.682. The van der Waals surface area contributed by atoms with Crippen LogP contribution in [-0.2, 0) is 0 Å². The third kappa shape index (κ3) is 3.84. The number of benzene rings is 2. The van der Waals surface area contributed by atoms with Crippen molar-refractivity contribution in [1.29, 1.82) is 0 Å². The first kappa shape index (κ1) is 18.2. The molecule has 1 N–H and O–H groups in total.